The number of aromatic nitrogens is 4. The van der Waals surface area contributed by atoms with Crippen LogP contribution in [0.4, 0.5) is 5.69 Å². The summed E-state index contributed by atoms with van der Waals surface area (Å²) < 4.78 is 6.97. The monoisotopic (exact) mass is 348 g/mol. The lowest BCUT2D eigenvalue weighted by Crippen LogP contribution is -2.48. The molecule has 1 aliphatic carbocycles. The van der Waals surface area contributed by atoms with Crippen LogP contribution >= 0.6 is 11.6 Å². The van der Waals surface area contributed by atoms with E-state index in [-0.39, 0.29) is 11.9 Å². The number of hydrogen-bond donors (Lipinski definition) is 2. The van der Waals surface area contributed by atoms with Crippen LogP contribution in [0.3, 0.4) is 0 Å². The number of benzene rings is 1. The molecule has 126 valence electrons. The van der Waals surface area contributed by atoms with Crippen molar-refractivity contribution in [2.45, 2.75) is 24.8 Å². The summed E-state index contributed by atoms with van der Waals surface area (Å²) in [5.41, 5.74) is 1.30. The van der Waals surface area contributed by atoms with Gasteiger partial charge in [-0.3, -0.25) is 4.79 Å². The first-order chi connectivity index (χ1) is 11.7. The van der Waals surface area contributed by atoms with Crippen LogP contribution in [0.25, 0.3) is 5.69 Å². The molecule has 8 nitrogen and oxygen atoms in total. The number of hydrogen-bond acceptors (Lipinski definition) is 6. The summed E-state index contributed by atoms with van der Waals surface area (Å²) in [5.74, 6) is 1.06. The Hall–Kier alpha value is -2.03. The number of carbonyl (C=O) groups excluding carboxylic acids is 1. The van der Waals surface area contributed by atoms with Gasteiger partial charge in [0.15, 0.2) is 5.82 Å². The van der Waals surface area contributed by atoms with Gasteiger partial charge in [0.25, 0.3) is 0 Å². The molecule has 1 amide bonds. The third-order valence-electron chi connectivity index (χ3n) is 4.12. The van der Waals surface area contributed by atoms with Gasteiger partial charge in [0, 0.05) is 18.2 Å². The van der Waals surface area contributed by atoms with Gasteiger partial charge in [-0.1, -0.05) is 11.6 Å². The number of nitrogens with one attached hydrogen (secondary N) is 2. The van der Waals surface area contributed by atoms with Crippen LogP contribution in [-0.2, 0) is 9.53 Å². The third-order valence-corrected chi connectivity index (χ3v) is 4.44. The Labute approximate surface area is 143 Å². The van der Waals surface area contributed by atoms with Gasteiger partial charge in [0.1, 0.15) is 6.04 Å². The van der Waals surface area contributed by atoms with Crippen molar-refractivity contribution in [3.05, 3.63) is 29.0 Å². The van der Waals surface area contributed by atoms with Crippen molar-refractivity contribution in [2.24, 2.45) is 0 Å². The van der Waals surface area contributed by atoms with Gasteiger partial charge in [-0.25, -0.2) is 0 Å². The van der Waals surface area contributed by atoms with E-state index in [2.05, 4.69) is 26.2 Å². The van der Waals surface area contributed by atoms with Crippen molar-refractivity contribution >= 4 is 23.2 Å². The quantitative estimate of drug-likeness (QED) is 0.860. The van der Waals surface area contributed by atoms with Crippen molar-refractivity contribution in [2.75, 3.05) is 25.1 Å². The highest BCUT2D eigenvalue weighted by atomic mass is 35.5. The molecule has 9 heteroatoms. The molecule has 0 radical (unpaired) electrons. The maximum atomic E-state index is 12.3. The van der Waals surface area contributed by atoms with Gasteiger partial charge in [0.2, 0.25) is 5.91 Å². The van der Waals surface area contributed by atoms with Crippen molar-refractivity contribution in [1.82, 2.24) is 25.5 Å². The second kappa shape index (κ2) is 6.46. The second-order valence-corrected chi connectivity index (χ2v) is 6.37. The highest BCUT2D eigenvalue weighted by molar-refractivity contribution is 6.32. The van der Waals surface area contributed by atoms with E-state index in [0.29, 0.717) is 42.1 Å². The van der Waals surface area contributed by atoms with Crippen molar-refractivity contribution in [3.8, 4) is 5.69 Å². The minimum absolute atomic E-state index is 0.137. The molecule has 2 aromatic rings. The van der Waals surface area contributed by atoms with E-state index in [9.17, 15) is 4.79 Å². The zero-order valence-corrected chi connectivity index (χ0v) is 13.7. The third kappa shape index (κ3) is 3.12. The smallest absolute Gasteiger partial charge is 0.243 e. The summed E-state index contributed by atoms with van der Waals surface area (Å²) in [7, 11) is 0. The highest BCUT2D eigenvalue weighted by Crippen LogP contribution is 2.39. The fraction of sp³-hybridized carbons (Fsp3) is 0.467. The molecule has 24 heavy (non-hydrogen) atoms. The lowest BCUT2D eigenvalue weighted by molar-refractivity contribution is -0.120. The molecule has 0 bridgehead atoms. The van der Waals surface area contributed by atoms with Crippen LogP contribution in [0.15, 0.2) is 18.2 Å². The molecule has 1 aliphatic heterocycles. The Morgan fingerprint density at radius 1 is 1.42 bits per heavy atom. The molecule has 2 heterocycles. The number of nitrogens with zero attached hydrogens (tertiary/aromatic N) is 4. The maximum Gasteiger partial charge on any atom is 0.243 e. The van der Waals surface area contributed by atoms with E-state index in [1.165, 1.54) is 0 Å². The molecule has 1 aromatic carbocycles. The fourth-order valence-corrected chi connectivity index (χ4v) is 2.88. The largest absolute Gasteiger partial charge is 0.378 e. The Bertz CT molecular complexity index is 754. The molecule has 1 atom stereocenters. The van der Waals surface area contributed by atoms with Gasteiger partial charge in [-0.05, 0) is 41.5 Å². The second-order valence-electron chi connectivity index (χ2n) is 5.96. The summed E-state index contributed by atoms with van der Waals surface area (Å²) in [5, 5.41) is 18.4. The van der Waals surface area contributed by atoms with Gasteiger partial charge in [0.05, 0.1) is 23.9 Å². The van der Waals surface area contributed by atoms with E-state index in [0.717, 1.165) is 18.7 Å². The van der Waals surface area contributed by atoms with E-state index >= 15 is 0 Å². The zero-order chi connectivity index (χ0) is 16.5. The predicted octanol–water partition coefficient (Wildman–Crippen LogP) is 1.12. The number of tetrazole rings is 1. The molecule has 1 saturated carbocycles. The molecule has 1 saturated heterocycles. The van der Waals surface area contributed by atoms with Gasteiger partial charge < -0.3 is 15.4 Å². The van der Waals surface area contributed by atoms with E-state index in [1.807, 2.05) is 0 Å². The minimum atomic E-state index is -0.354. The highest BCUT2D eigenvalue weighted by Gasteiger charge is 2.30. The van der Waals surface area contributed by atoms with Crippen molar-refractivity contribution < 1.29 is 9.53 Å². The summed E-state index contributed by atoms with van der Waals surface area (Å²) in [6, 6.07) is 4.92. The van der Waals surface area contributed by atoms with E-state index in [1.54, 1.807) is 22.9 Å². The molecule has 1 unspecified atom stereocenters. The summed E-state index contributed by atoms with van der Waals surface area (Å²) in [4.78, 5) is 12.3. The summed E-state index contributed by atoms with van der Waals surface area (Å²) >= 11 is 6.31. The number of ether oxygens (including phenoxy) is 1. The first-order valence-corrected chi connectivity index (χ1v) is 8.30. The SMILES string of the molecule is O=C(Nc1ccc(Cl)c(-n2nnnc2C2CC2)c1)C1COCCN1. The molecule has 2 aliphatic rings. The lowest BCUT2D eigenvalue weighted by Gasteiger charge is -2.23. The van der Waals surface area contributed by atoms with Crippen LogP contribution < -0.4 is 10.6 Å². The zero-order valence-electron chi connectivity index (χ0n) is 12.9. The normalized spacial score (nSPS) is 20.8. The average molecular weight is 349 g/mol. The summed E-state index contributed by atoms with van der Waals surface area (Å²) in [6.07, 6.45) is 2.17. The fourth-order valence-electron chi connectivity index (χ4n) is 2.68. The van der Waals surface area contributed by atoms with E-state index < -0.39 is 0 Å². The number of amides is 1. The number of morpholine rings is 1. The first-order valence-electron chi connectivity index (χ1n) is 7.92. The molecule has 2 fully saturated rings. The van der Waals surface area contributed by atoms with Crippen molar-refractivity contribution in [1.29, 1.82) is 0 Å². The number of carbonyl (C=O) groups is 1. The molecule has 4 rings (SSSR count). The predicted molar refractivity (Wildman–Crippen MR) is 87.4 cm³/mol. The Morgan fingerprint density at radius 3 is 3.04 bits per heavy atom. The topological polar surface area (TPSA) is 94.0 Å². The molecule has 0 spiro atoms. The Kier molecular flexibility index (Phi) is 4.17. The standard InChI is InChI=1S/C15H17ClN6O2/c16-11-4-3-10(18-15(23)12-8-24-6-5-17-12)7-13(11)22-14(9-1-2-9)19-20-21-22/h3-4,7,9,12,17H,1-2,5-6,8H2,(H,18,23). The van der Waals surface area contributed by atoms with Crippen molar-refractivity contribution in [3.63, 3.8) is 0 Å². The van der Waals surface area contributed by atoms with E-state index in [4.69, 9.17) is 16.3 Å². The Morgan fingerprint density at radius 2 is 2.29 bits per heavy atom. The first kappa shape index (κ1) is 15.5. The lowest BCUT2D eigenvalue weighted by atomic mass is 10.2. The molecule has 1 aromatic heterocycles. The molecular formula is C15H17ClN6O2. The van der Waals surface area contributed by atoms with Crippen LogP contribution in [0.2, 0.25) is 5.02 Å². The van der Waals surface area contributed by atoms with Crippen LogP contribution in [-0.4, -0.2) is 51.9 Å². The number of anilines is 1. The average Bonchev–Trinajstić information content (AvgIpc) is 3.34. The van der Waals surface area contributed by atoms with Gasteiger partial charge in [-0.15, -0.1) is 5.10 Å². The van der Waals surface area contributed by atoms with Gasteiger partial charge in [-0.2, -0.15) is 4.68 Å². The molecule has 2 N–H and O–H groups in total. The number of halogens is 1. The Balaban J connectivity index is 1.57. The van der Waals surface area contributed by atoms with Gasteiger partial charge >= 0.3 is 0 Å². The summed E-state index contributed by atoms with van der Waals surface area (Å²) in [6.45, 7) is 1.66. The minimum Gasteiger partial charge on any atom is -0.378 e. The maximum absolute atomic E-state index is 12.3. The van der Waals surface area contributed by atoms with Crippen LogP contribution in [0.5, 0.6) is 0 Å². The number of rotatable bonds is 4. The van der Waals surface area contributed by atoms with Crippen LogP contribution in [0, 0.1) is 0 Å². The molecular weight excluding hydrogens is 332 g/mol. The van der Waals surface area contributed by atoms with Crippen LogP contribution in [0.1, 0.15) is 24.6 Å².